The summed E-state index contributed by atoms with van der Waals surface area (Å²) in [6.45, 7) is 1.59. The van der Waals surface area contributed by atoms with Crippen molar-refractivity contribution in [3.63, 3.8) is 0 Å². The normalized spacial score (nSPS) is 16.4. The molecular weight excluding hydrogens is 331 g/mol. The SMILES string of the molecule is C[C@@H](O)c1cc(F)ccc1N=C(C=CN)Cc1cc(CC2CC2)n(C)n1. The Bertz CT molecular complexity index is 834. The van der Waals surface area contributed by atoms with Crippen LogP contribution < -0.4 is 5.73 Å². The summed E-state index contributed by atoms with van der Waals surface area (Å²) in [7, 11) is 1.96. The highest BCUT2D eigenvalue weighted by Crippen LogP contribution is 2.32. The lowest BCUT2D eigenvalue weighted by Crippen LogP contribution is -2.03. The molecule has 1 aliphatic carbocycles. The van der Waals surface area contributed by atoms with Gasteiger partial charge in [0.15, 0.2) is 0 Å². The van der Waals surface area contributed by atoms with Gasteiger partial charge in [0, 0.05) is 30.4 Å². The monoisotopic (exact) mass is 356 g/mol. The second kappa shape index (κ2) is 7.83. The molecule has 1 aromatic heterocycles. The zero-order valence-electron chi connectivity index (χ0n) is 15.2. The van der Waals surface area contributed by atoms with E-state index in [4.69, 9.17) is 5.73 Å². The number of aliphatic imine (C=N–C) groups is 1. The van der Waals surface area contributed by atoms with Crippen LogP contribution in [0.15, 0.2) is 41.5 Å². The molecule has 0 saturated heterocycles. The van der Waals surface area contributed by atoms with Crippen molar-refractivity contribution in [1.29, 1.82) is 0 Å². The molecule has 1 aromatic carbocycles. The standard InChI is InChI=1S/C20H25FN4O/c1-13(26)19-10-15(21)5-6-20(19)23-16(7-8-22)11-17-12-18(25(2)24-17)9-14-3-4-14/h5-8,10,12-14,26H,3-4,9,11,22H2,1-2H3/t13-/m1/s1. The molecule has 0 amide bonds. The van der Waals surface area contributed by atoms with Crippen LogP contribution in [0.2, 0.25) is 0 Å². The van der Waals surface area contributed by atoms with Gasteiger partial charge in [-0.1, -0.05) is 0 Å². The van der Waals surface area contributed by atoms with Crippen LogP contribution in [0.25, 0.3) is 0 Å². The summed E-state index contributed by atoms with van der Waals surface area (Å²) in [6, 6.07) is 6.32. The van der Waals surface area contributed by atoms with Crippen molar-refractivity contribution in [3.05, 3.63) is 59.3 Å². The van der Waals surface area contributed by atoms with Crippen LogP contribution in [0.4, 0.5) is 10.1 Å². The van der Waals surface area contributed by atoms with E-state index in [2.05, 4.69) is 16.2 Å². The number of nitrogens with two attached hydrogens (primary N) is 1. The predicted octanol–water partition coefficient (Wildman–Crippen LogP) is 3.35. The Morgan fingerprint density at radius 1 is 1.46 bits per heavy atom. The van der Waals surface area contributed by atoms with E-state index in [1.165, 1.54) is 36.9 Å². The van der Waals surface area contributed by atoms with Gasteiger partial charge in [0.05, 0.1) is 17.5 Å². The van der Waals surface area contributed by atoms with E-state index in [0.29, 0.717) is 23.4 Å². The molecule has 26 heavy (non-hydrogen) atoms. The molecule has 0 radical (unpaired) electrons. The second-order valence-electron chi connectivity index (χ2n) is 6.92. The summed E-state index contributed by atoms with van der Waals surface area (Å²) in [5.41, 5.74) is 9.40. The third-order valence-corrected chi connectivity index (χ3v) is 4.58. The molecule has 138 valence electrons. The first kappa shape index (κ1) is 18.3. The van der Waals surface area contributed by atoms with Crippen LogP contribution in [0.1, 0.15) is 42.8 Å². The first-order valence-corrected chi connectivity index (χ1v) is 8.91. The highest BCUT2D eigenvalue weighted by atomic mass is 19.1. The number of aryl methyl sites for hydroxylation is 1. The van der Waals surface area contributed by atoms with Crippen molar-refractivity contribution in [1.82, 2.24) is 9.78 Å². The minimum Gasteiger partial charge on any atom is -0.405 e. The Labute approximate surface area is 153 Å². The number of aliphatic hydroxyl groups is 1. The van der Waals surface area contributed by atoms with Gasteiger partial charge in [-0.15, -0.1) is 0 Å². The maximum atomic E-state index is 13.5. The number of allylic oxidation sites excluding steroid dienone is 1. The Balaban J connectivity index is 1.86. The third kappa shape index (κ3) is 4.58. The van der Waals surface area contributed by atoms with E-state index in [1.54, 1.807) is 19.1 Å². The van der Waals surface area contributed by atoms with Gasteiger partial charge >= 0.3 is 0 Å². The number of halogens is 1. The molecule has 1 saturated carbocycles. The quantitative estimate of drug-likeness (QED) is 0.747. The Hall–Kier alpha value is -2.47. The van der Waals surface area contributed by atoms with Crippen molar-refractivity contribution >= 4 is 11.4 Å². The van der Waals surface area contributed by atoms with Gasteiger partial charge in [0.1, 0.15) is 5.82 Å². The first-order valence-electron chi connectivity index (χ1n) is 8.91. The lowest BCUT2D eigenvalue weighted by molar-refractivity contribution is 0.199. The smallest absolute Gasteiger partial charge is 0.123 e. The average Bonchev–Trinajstić information content (AvgIpc) is 3.33. The summed E-state index contributed by atoms with van der Waals surface area (Å²) in [6.07, 6.45) is 6.51. The molecule has 2 aromatic rings. The fraction of sp³-hybridized carbons (Fsp3) is 0.400. The summed E-state index contributed by atoms with van der Waals surface area (Å²) in [5, 5.41) is 14.5. The van der Waals surface area contributed by atoms with Crippen LogP contribution in [-0.4, -0.2) is 20.6 Å². The fourth-order valence-electron chi connectivity index (χ4n) is 3.02. The number of nitrogens with zero attached hydrogens (tertiary/aromatic N) is 3. The molecule has 1 atom stereocenters. The topological polar surface area (TPSA) is 76.4 Å². The second-order valence-corrected chi connectivity index (χ2v) is 6.92. The van der Waals surface area contributed by atoms with Crippen LogP contribution in [0, 0.1) is 11.7 Å². The Morgan fingerprint density at radius 2 is 2.23 bits per heavy atom. The lowest BCUT2D eigenvalue weighted by atomic mass is 10.1. The summed E-state index contributed by atoms with van der Waals surface area (Å²) in [4.78, 5) is 4.59. The molecular formula is C20H25FN4O. The summed E-state index contributed by atoms with van der Waals surface area (Å²) >= 11 is 0. The minimum absolute atomic E-state index is 0.398. The molecule has 3 N–H and O–H groups in total. The molecule has 1 fully saturated rings. The van der Waals surface area contributed by atoms with E-state index < -0.39 is 11.9 Å². The number of hydrogen-bond donors (Lipinski definition) is 2. The highest BCUT2D eigenvalue weighted by molar-refractivity contribution is 5.98. The van der Waals surface area contributed by atoms with E-state index in [0.717, 1.165) is 18.0 Å². The number of hydrogen-bond acceptors (Lipinski definition) is 4. The summed E-state index contributed by atoms with van der Waals surface area (Å²) in [5.74, 6) is 0.397. The van der Waals surface area contributed by atoms with Crippen LogP contribution >= 0.6 is 0 Å². The van der Waals surface area contributed by atoms with Gasteiger partial charge < -0.3 is 10.8 Å². The molecule has 5 nitrogen and oxygen atoms in total. The molecule has 0 aliphatic heterocycles. The zero-order chi connectivity index (χ0) is 18.7. The maximum absolute atomic E-state index is 13.5. The Morgan fingerprint density at radius 3 is 2.88 bits per heavy atom. The van der Waals surface area contributed by atoms with Crippen molar-refractivity contribution < 1.29 is 9.50 Å². The predicted molar refractivity (Wildman–Crippen MR) is 101 cm³/mol. The van der Waals surface area contributed by atoms with Gasteiger partial charge in [-0.05, 0) is 68.6 Å². The number of benzene rings is 1. The number of aromatic nitrogens is 2. The summed E-state index contributed by atoms with van der Waals surface area (Å²) < 4.78 is 15.4. The van der Waals surface area contributed by atoms with Crippen LogP contribution in [0.5, 0.6) is 0 Å². The molecule has 6 heteroatoms. The van der Waals surface area contributed by atoms with Gasteiger partial charge in [-0.2, -0.15) is 5.10 Å². The largest absolute Gasteiger partial charge is 0.405 e. The molecule has 3 rings (SSSR count). The minimum atomic E-state index is -0.812. The van der Waals surface area contributed by atoms with Crippen LogP contribution in [0.3, 0.4) is 0 Å². The zero-order valence-corrected chi connectivity index (χ0v) is 15.2. The number of aliphatic hydroxyl groups excluding tert-OH is 1. The highest BCUT2D eigenvalue weighted by Gasteiger charge is 2.23. The number of rotatable bonds is 7. The van der Waals surface area contributed by atoms with Crippen molar-refractivity contribution in [2.24, 2.45) is 23.7 Å². The first-order chi connectivity index (χ1) is 12.5. The molecule has 1 heterocycles. The van der Waals surface area contributed by atoms with E-state index in [-0.39, 0.29) is 0 Å². The van der Waals surface area contributed by atoms with Crippen molar-refractivity contribution in [2.75, 3.05) is 0 Å². The van der Waals surface area contributed by atoms with Gasteiger partial charge in [-0.3, -0.25) is 9.67 Å². The fourth-order valence-corrected chi connectivity index (χ4v) is 3.02. The van der Waals surface area contributed by atoms with Gasteiger partial charge in [-0.25, -0.2) is 4.39 Å². The average molecular weight is 356 g/mol. The van der Waals surface area contributed by atoms with Gasteiger partial charge in [0.2, 0.25) is 0 Å². The lowest BCUT2D eigenvalue weighted by Gasteiger charge is -2.10. The van der Waals surface area contributed by atoms with Crippen molar-refractivity contribution in [3.8, 4) is 0 Å². The molecule has 1 aliphatic rings. The third-order valence-electron chi connectivity index (χ3n) is 4.58. The van der Waals surface area contributed by atoms with E-state index in [9.17, 15) is 9.50 Å². The van der Waals surface area contributed by atoms with E-state index in [1.807, 2.05) is 11.7 Å². The van der Waals surface area contributed by atoms with E-state index >= 15 is 0 Å². The van der Waals surface area contributed by atoms with Crippen LogP contribution in [-0.2, 0) is 19.9 Å². The molecule has 0 spiro atoms. The maximum Gasteiger partial charge on any atom is 0.123 e. The molecule has 0 bridgehead atoms. The Kier molecular flexibility index (Phi) is 5.52. The van der Waals surface area contributed by atoms with Crippen molar-refractivity contribution in [2.45, 2.75) is 38.7 Å². The molecule has 0 unspecified atom stereocenters. The van der Waals surface area contributed by atoms with Gasteiger partial charge in [0.25, 0.3) is 0 Å².